The van der Waals surface area contributed by atoms with Crippen LogP contribution in [0.4, 0.5) is 4.39 Å². The van der Waals surface area contributed by atoms with E-state index < -0.39 is 0 Å². The average Bonchev–Trinajstić information content (AvgIpc) is 2.85. The van der Waals surface area contributed by atoms with E-state index in [0.29, 0.717) is 0 Å². The molecule has 0 aromatic heterocycles. The van der Waals surface area contributed by atoms with Crippen LogP contribution in [0, 0.1) is 5.82 Å². The summed E-state index contributed by atoms with van der Waals surface area (Å²) >= 11 is 0. The van der Waals surface area contributed by atoms with Crippen molar-refractivity contribution in [2.75, 3.05) is 13.7 Å². The summed E-state index contributed by atoms with van der Waals surface area (Å²) in [5.41, 5.74) is 0.935. The minimum absolute atomic E-state index is 0.200. The third-order valence-corrected chi connectivity index (χ3v) is 2.63. The lowest BCUT2D eigenvalue weighted by Gasteiger charge is -2.14. The highest BCUT2D eigenvalue weighted by atomic mass is 19.1. The molecule has 0 amide bonds. The Bertz CT molecular complexity index is 322. The van der Waals surface area contributed by atoms with E-state index >= 15 is 0 Å². The van der Waals surface area contributed by atoms with Gasteiger partial charge in [-0.15, -0.1) is 0 Å². The van der Waals surface area contributed by atoms with Crippen LogP contribution >= 0.6 is 0 Å². The smallest absolute Gasteiger partial charge is 0.123 e. The first-order chi connectivity index (χ1) is 7.81. The molecule has 1 N–H and O–H groups in total. The largest absolute Gasteiger partial charge is 0.496 e. The van der Waals surface area contributed by atoms with Crippen molar-refractivity contribution >= 4 is 0 Å². The number of rotatable bonds is 2. The Hall–Kier alpha value is -1.09. The molecule has 0 radical (unpaired) electrons. The molecule has 1 fully saturated rings. The molecule has 0 bridgehead atoms. The van der Waals surface area contributed by atoms with Gasteiger partial charge >= 0.3 is 0 Å². The van der Waals surface area contributed by atoms with Crippen molar-refractivity contribution in [1.29, 1.82) is 0 Å². The van der Waals surface area contributed by atoms with Crippen LogP contribution in [-0.2, 0) is 0 Å². The van der Waals surface area contributed by atoms with Gasteiger partial charge in [0.1, 0.15) is 11.6 Å². The molecule has 16 heavy (non-hydrogen) atoms. The third kappa shape index (κ3) is 2.95. The lowest BCUT2D eigenvalue weighted by molar-refractivity contribution is 0.401. The van der Waals surface area contributed by atoms with E-state index in [4.69, 9.17) is 4.74 Å². The molecule has 1 aliphatic heterocycles. The second kappa shape index (κ2) is 6.48. The molecule has 1 heterocycles. The molecule has 0 saturated carbocycles. The third-order valence-electron chi connectivity index (χ3n) is 2.63. The fourth-order valence-corrected chi connectivity index (χ4v) is 1.93. The molecule has 90 valence electrons. The van der Waals surface area contributed by atoms with Gasteiger partial charge in [-0.25, -0.2) is 4.39 Å². The van der Waals surface area contributed by atoms with Crippen LogP contribution in [0.3, 0.4) is 0 Å². The maximum absolute atomic E-state index is 13.1. The highest BCUT2D eigenvalue weighted by molar-refractivity contribution is 5.36. The highest BCUT2D eigenvalue weighted by Crippen LogP contribution is 2.31. The van der Waals surface area contributed by atoms with E-state index in [9.17, 15) is 4.39 Å². The zero-order valence-corrected chi connectivity index (χ0v) is 10.2. The Morgan fingerprint density at radius 3 is 2.69 bits per heavy atom. The van der Waals surface area contributed by atoms with Crippen molar-refractivity contribution < 1.29 is 9.13 Å². The van der Waals surface area contributed by atoms with Gasteiger partial charge in [0.05, 0.1) is 7.11 Å². The Kier molecular flexibility index (Phi) is 5.26. The zero-order valence-electron chi connectivity index (χ0n) is 10.2. The van der Waals surface area contributed by atoms with Crippen molar-refractivity contribution in [3.05, 3.63) is 29.6 Å². The van der Waals surface area contributed by atoms with Crippen molar-refractivity contribution in [2.45, 2.75) is 32.7 Å². The number of hydrogen-bond acceptors (Lipinski definition) is 2. The Morgan fingerprint density at radius 2 is 2.12 bits per heavy atom. The van der Waals surface area contributed by atoms with Gasteiger partial charge < -0.3 is 10.1 Å². The van der Waals surface area contributed by atoms with Crippen molar-refractivity contribution in [3.8, 4) is 5.75 Å². The maximum atomic E-state index is 13.1. The number of benzene rings is 1. The Labute approximate surface area is 96.8 Å². The van der Waals surface area contributed by atoms with Crippen molar-refractivity contribution in [1.82, 2.24) is 5.32 Å². The van der Waals surface area contributed by atoms with Gasteiger partial charge in [-0.1, -0.05) is 13.8 Å². The summed E-state index contributed by atoms with van der Waals surface area (Å²) in [5.74, 6) is 0.570. The molecule has 0 spiro atoms. The topological polar surface area (TPSA) is 21.3 Å². The Morgan fingerprint density at radius 1 is 1.38 bits per heavy atom. The second-order valence-electron chi connectivity index (χ2n) is 3.54. The molecule has 1 aliphatic rings. The van der Waals surface area contributed by atoms with Gasteiger partial charge in [0.25, 0.3) is 0 Å². The quantitative estimate of drug-likeness (QED) is 0.834. The van der Waals surface area contributed by atoms with Gasteiger partial charge in [-0.05, 0) is 37.6 Å². The summed E-state index contributed by atoms with van der Waals surface area (Å²) in [6.07, 6.45) is 2.20. The molecule has 1 saturated heterocycles. The molecule has 1 unspecified atom stereocenters. The van der Waals surface area contributed by atoms with Crippen LogP contribution in [0.15, 0.2) is 18.2 Å². The van der Waals surface area contributed by atoms with Gasteiger partial charge in [0.15, 0.2) is 0 Å². The van der Waals surface area contributed by atoms with Crippen LogP contribution in [0.25, 0.3) is 0 Å². The monoisotopic (exact) mass is 225 g/mol. The summed E-state index contributed by atoms with van der Waals surface area (Å²) in [6.45, 7) is 5.00. The maximum Gasteiger partial charge on any atom is 0.123 e. The standard InChI is InChI=1S/C11H14FNO.C2H6/c1-14-11-5-4-8(12)7-9(11)10-3-2-6-13-10;1-2/h4-5,7,10,13H,2-3,6H2,1H3;1-2H3. The summed E-state index contributed by atoms with van der Waals surface area (Å²) in [7, 11) is 1.62. The van der Waals surface area contributed by atoms with Crippen LogP contribution < -0.4 is 10.1 Å². The lowest BCUT2D eigenvalue weighted by atomic mass is 10.0. The summed E-state index contributed by atoms with van der Waals surface area (Å²) < 4.78 is 18.3. The Balaban J connectivity index is 0.000000606. The van der Waals surface area contributed by atoms with Crippen LogP contribution in [-0.4, -0.2) is 13.7 Å². The highest BCUT2D eigenvalue weighted by Gasteiger charge is 2.20. The van der Waals surface area contributed by atoms with E-state index in [1.165, 1.54) is 6.07 Å². The van der Waals surface area contributed by atoms with Crippen LogP contribution in [0.2, 0.25) is 0 Å². The number of methoxy groups -OCH3 is 1. The first-order valence-electron chi connectivity index (χ1n) is 5.88. The van der Waals surface area contributed by atoms with Gasteiger partial charge in [0, 0.05) is 11.6 Å². The summed E-state index contributed by atoms with van der Waals surface area (Å²) in [6, 6.07) is 4.92. The van der Waals surface area contributed by atoms with Crippen molar-refractivity contribution in [3.63, 3.8) is 0 Å². The predicted molar refractivity (Wildman–Crippen MR) is 64.3 cm³/mol. The molecule has 1 atom stereocenters. The summed E-state index contributed by atoms with van der Waals surface area (Å²) in [5, 5.41) is 3.33. The predicted octanol–water partition coefficient (Wildman–Crippen LogP) is 3.29. The first-order valence-corrected chi connectivity index (χ1v) is 5.88. The van der Waals surface area contributed by atoms with E-state index in [1.807, 2.05) is 13.8 Å². The first kappa shape index (κ1) is 13.0. The molecule has 0 aliphatic carbocycles. The zero-order chi connectivity index (χ0) is 12.0. The van der Waals surface area contributed by atoms with Crippen LogP contribution in [0.1, 0.15) is 38.3 Å². The van der Waals surface area contributed by atoms with Crippen molar-refractivity contribution in [2.24, 2.45) is 0 Å². The summed E-state index contributed by atoms with van der Waals surface area (Å²) in [4.78, 5) is 0. The van der Waals surface area contributed by atoms with E-state index in [0.717, 1.165) is 30.7 Å². The number of ether oxygens (including phenoxy) is 1. The SMILES string of the molecule is CC.COc1ccc(F)cc1C1CCCN1. The van der Waals surface area contributed by atoms with Gasteiger partial charge in [-0.3, -0.25) is 0 Å². The van der Waals surface area contributed by atoms with Crippen LogP contribution in [0.5, 0.6) is 5.75 Å². The molecule has 1 aromatic rings. The molecule has 3 heteroatoms. The minimum atomic E-state index is -0.200. The normalized spacial score (nSPS) is 18.9. The number of halogens is 1. The minimum Gasteiger partial charge on any atom is -0.496 e. The average molecular weight is 225 g/mol. The molecular weight excluding hydrogens is 205 g/mol. The molecule has 2 nitrogen and oxygen atoms in total. The van der Waals surface area contributed by atoms with E-state index in [2.05, 4.69) is 5.32 Å². The molecular formula is C13H20FNO. The lowest BCUT2D eigenvalue weighted by Crippen LogP contribution is -2.14. The molecule has 2 rings (SSSR count). The van der Waals surface area contributed by atoms with E-state index in [1.54, 1.807) is 19.2 Å². The molecule has 1 aromatic carbocycles. The number of hydrogen-bond donors (Lipinski definition) is 1. The van der Waals surface area contributed by atoms with Gasteiger partial charge in [0.2, 0.25) is 0 Å². The second-order valence-corrected chi connectivity index (χ2v) is 3.54. The van der Waals surface area contributed by atoms with Gasteiger partial charge in [-0.2, -0.15) is 0 Å². The fourth-order valence-electron chi connectivity index (χ4n) is 1.93. The number of nitrogens with one attached hydrogen (secondary N) is 1. The fraction of sp³-hybridized carbons (Fsp3) is 0.538. The van der Waals surface area contributed by atoms with E-state index in [-0.39, 0.29) is 11.9 Å².